The van der Waals surface area contributed by atoms with Crippen LogP contribution >= 0.6 is 23.5 Å². The Morgan fingerprint density at radius 2 is 1.29 bits per heavy atom. The molecule has 1 aliphatic heterocycles. The van der Waals surface area contributed by atoms with Crippen LogP contribution < -0.4 is 0 Å². The SMILES string of the molecule is CSC1(C(F)(F)F)SC1(c1ccccc1)c1ccccc1. The standard InChI is InChI=1S/C16H13F3S2/c1-20-15(16(17,18)19)14(21-15,12-8-4-2-5-9-12)13-10-6-3-7-11-13/h2-11H,1H3. The molecule has 1 fully saturated rings. The molecule has 0 saturated carbocycles. The quantitative estimate of drug-likeness (QED) is 0.702. The fourth-order valence-electron chi connectivity index (χ4n) is 2.76. The molecule has 1 unspecified atom stereocenters. The first kappa shape index (κ1) is 14.9. The highest BCUT2D eigenvalue weighted by molar-refractivity contribution is 8.25. The van der Waals surface area contributed by atoms with Crippen LogP contribution in [0.25, 0.3) is 0 Å². The second-order valence-corrected chi connectivity index (χ2v) is 7.54. The van der Waals surface area contributed by atoms with Crippen LogP contribution in [0.1, 0.15) is 11.1 Å². The molecule has 0 bridgehead atoms. The molecule has 0 amide bonds. The van der Waals surface area contributed by atoms with Crippen molar-refractivity contribution in [3.63, 3.8) is 0 Å². The molecule has 1 aliphatic rings. The van der Waals surface area contributed by atoms with Gasteiger partial charge in [-0.15, -0.1) is 23.5 Å². The summed E-state index contributed by atoms with van der Waals surface area (Å²) >= 11 is 1.86. The number of benzene rings is 2. The van der Waals surface area contributed by atoms with Crippen LogP contribution in [0.15, 0.2) is 60.7 Å². The third-order valence-electron chi connectivity index (χ3n) is 3.74. The lowest BCUT2D eigenvalue weighted by Gasteiger charge is -2.25. The molecule has 1 saturated heterocycles. The smallest absolute Gasteiger partial charge is 0.168 e. The number of rotatable bonds is 3. The summed E-state index contributed by atoms with van der Waals surface area (Å²) in [6.45, 7) is 0. The maximum Gasteiger partial charge on any atom is 0.414 e. The van der Waals surface area contributed by atoms with Gasteiger partial charge in [0.25, 0.3) is 0 Å². The van der Waals surface area contributed by atoms with Gasteiger partial charge >= 0.3 is 6.18 Å². The van der Waals surface area contributed by atoms with Crippen molar-refractivity contribution in [2.75, 3.05) is 6.26 Å². The summed E-state index contributed by atoms with van der Waals surface area (Å²) in [5.74, 6) is 0. The van der Waals surface area contributed by atoms with Gasteiger partial charge in [-0.1, -0.05) is 60.7 Å². The maximum atomic E-state index is 13.7. The first-order chi connectivity index (χ1) is 9.98. The van der Waals surface area contributed by atoms with Gasteiger partial charge in [-0.25, -0.2) is 0 Å². The van der Waals surface area contributed by atoms with Crippen molar-refractivity contribution in [1.29, 1.82) is 0 Å². The third kappa shape index (κ3) is 2.01. The Hall–Kier alpha value is -1.07. The van der Waals surface area contributed by atoms with Crippen molar-refractivity contribution in [3.05, 3.63) is 71.8 Å². The Morgan fingerprint density at radius 1 is 0.857 bits per heavy atom. The van der Waals surface area contributed by atoms with Crippen molar-refractivity contribution in [2.45, 2.75) is 15.0 Å². The van der Waals surface area contributed by atoms with Gasteiger partial charge in [-0.05, 0) is 17.4 Å². The summed E-state index contributed by atoms with van der Waals surface area (Å²) < 4.78 is 38.3. The minimum absolute atomic E-state index is 0.702. The van der Waals surface area contributed by atoms with Gasteiger partial charge in [0, 0.05) is 0 Å². The number of hydrogen-bond donors (Lipinski definition) is 0. The van der Waals surface area contributed by atoms with Gasteiger partial charge in [0.1, 0.15) is 4.75 Å². The number of thioether (sulfide) groups is 2. The molecule has 2 aromatic carbocycles. The normalized spacial score (nSPS) is 23.8. The fraction of sp³-hybridized carbons (Fsp3) is 0.250. The minimum Gasteiger partial charge on any atom is -0.168 e. The molecule has 21 heavy (non-hydrogen) atoms. The number of halogens is 3. The monoisotopic (exact) mass is 326 g/mol. The number of alkyl halides is 3. The van der Waals surface area contributed by atoms with E-state index in [2.05, 4.69) is 0 Å². The van der Waals surface area contributed by atoms with E-state index in [9.17, 15) is 13.2 Å². The lowest BCUT2D eigenvalue weighted by Crippen LogP contribution is -2.36. The summed E-state index contributed by atoms with van der Waals surface area (Å²) in [7, 11) is 0. The van der Waals surface area contributed by atoms with Gasteiger partial charge in [-0.3, -0.25) is 0 Å². The van der Waals surface area contributed by atoms with E-state index in [-0.39, 0.29) is 0 Å². The van der Waals surface area contributed by atoms with Crippen molar-refractivity contribution in [2.24, 2.45) is 0 Å². The molecular formula is C16H13F3S2. The van der Waals surface area contributed by atoms with Crippen LogP contribution in [0.4, 0.5) is 13.2 Å². The van der Waals surface area contributed by atoms with Gasteiger partial charge < -0.3 is 0 Å². The Morgan fingerprint density at radius 3 is 1.57 bits per heavy atom. The molecule has 1 heterocycles. The lowest BCUT2D eigenvalue weighted by molar-refractivity contribution is -0.133. The van der Waals surface area contributed by atoms with Crippen LogP contribution in [-0.4, -0.2) is 16.5 Å². The van der Waals surface area contributed by atoms with Crippen LogP contribution in [0.3, 0.4) is 0 Å². The predicted molar refractivity (Wildman–Crippen MR) is 83.6 cm³/mol. The first-order valence-electron chi connectivity index (χ1n) is 6.41. The van der Waals surface area contributed by atoms with E-state index in [0.29, 0.717) is 11.1 Å². The molecule has 2 aromatic rings. The molecule has 0 spiro atoms. The zero-order chi connectivity index (χ0) is 15.1. The summed E-state index contributed by atoms with van der Waals surface area (Å²) in [4.78, 5) is 0. The zero-order valence-electron chi connectivity index (χ0n) is 11.2. The van der Waals surface area contributed by atoms with Crippen molar-refractivity contribution in [3.8, 4) is 0 Å². The maximum absolute atomic E-state index is 13.7. The molecule has 0 aromatic heterocycles. The third-order valence-corrected chi connectivity index (χ3v) is 7.44. The Kier molecular flexibility index (Phi) is 3.53. The highest BCUT2D eigenvalue weighted by Gasteiger charge is 2.82. The summed E-state index contributed by atoms with van der Waals surface area (Å²) in [6, 6.07) is 17.9. The first-order valence-corrected chi connectivity index (χ1v) is 8.45. The highest BCUT2D eigenvalue weighted by Crippen LogP contribution is 2.82. The van der Waals surface area contributed by atoms with E-state index in [1.54, 1.807) is 48.5 Å². The largest absolute Gasteiger partial charge is 0.414 e. The van der Waals surface area contributed by atoms with Crippen molar-refractivity contribution in [1.82, 2.24) is 0 Å². The van der Waals surface area contributed by atoms with Gasteiger partial charge in [-0.2, -0.15) is 13.2 Å². The molecular weight excluding hydrogens is 313 g/mol. The van der Waals surface area contributed by atoms with E-state index in [1.807, 2.05) is 12.1 Å². The average molecular weight is 326 g/mol. The van der Waals surface area contributed by atoms with Crippen LogP contribution in [-0.2, 0) is 4.75 Å². The highest BCUT2D eigenvalue weighted by atomic mass is 32.2. The van der Waals surface area contributed by atoms with Crippen molar-refractivity contribution >= 4 is 23.5 Å². The second kappa shape index (κ2) is 4.99. The summed E-state index contributed by atoms with van der Waals surface area (Å²) in [6.07, 6.45) is -2.74. The van der Waals surface area contributed by atoms with E-state index >= 15 is 0 Å². The molecule has 1 atom stereocenters. The Balaban J connectivity index is 2.21. The molecule has 3 rings (SSSR count). The number of hydrogen-bond acceptors (Lipinski definition) is 2. The molecule has 110 valence electrons. The van der Waals surface area contributed by atoms with Crippen LogP contribution in [0, 0.1) is 0 Å². The van der Waals surface area contributed by atoms with E-state index < -0.39 is 15.0 Å². The van der Waals surface area contributed by atoms with Gasteiger partial charge in [0.05, 0.1) is 0 Å². The van der Waals surface area contributed by atoms with Gasteiger partial charge in [0.2, 0.25) is 0 Å². The van der Waals surface area contributed by atoms with Crippen LogP contribution in [0.2, 0.25) is 0 Å². The molecule has 0 aliphatic carbocycles. The summed E-state index contributed by atoms with van der Waals surface area (Å²) in [5.41, 5.74) is 1.40. The Bertz CT molecular complexity index is 585. The molecule has 0 nitrogen and oxygen atoms in total. The molecule has 0 N–H and O–H groups in total. The average Bonchev–Trinajstić information content (AvgIpc) is 3.21. The van der Waals surface area contributed by atoms with E-state index in [1.165, 1.54) is 6.26 Å². The van der Waals surface area contributed by atoms with E-state index in [0.717, 1.165) is 23.5 Å². The second-order valence-electron chi connectivity index (χ2n) is 4.83. The van der Waals surface area contributed by atoms with Crippen LogP contribution in [0.5, 0.6) is 0 Å². The minimum atomic E-state index is -4.28. The zero-order valence-corrected chi connectivity index (χ0v) is 12.9. The molecule has 5 heteroatoms. The summed E-state index contributed by atoms with van der Waals surface area (Å²) in [5, 5.41) is 0. The topological polar surface area (TPSA) is 0 Å². The molecule has 0 radical (unpaired) electrons. The predicted octanol–water partition coefficient (Wildman–Crippen LogP) is 5.30. The van der Waals surface area contributed by atoms with Crippen molar-refractivity contribution < 1.29 is 13.2 Å². The van der Waals surface area contributed by atoms with E-state index in [4.69, 9.17) is 0 Å². The Labute approximate surface area is 130 Å². The van der Waals surface area contributed by atoms with Gasteiger partial charge in [0.15, 0.2) is 4.08 Å². The fourth-order valence-corrected chi connectivity index (χ4v) is 5.83. The lowest BCUT2D eigenvalue weighted by atomic mass is 9.88.